The van der Waals surface area contributed by atoms with Gasteiger partial charge >= 0.3 is 0 Å². The second-order valence-electron chi connectivity index (χ2n) is 7.14. The molecule has 0 saturated carbocycles. The quantitative estimate of drug-likeness (QED) is 0.898. The smallest absolute Gasteiger partial charge is 0.287 e. The fourth-order valence-electron chi connectivity index (χ4n) is 3.19. The van der Waals surface area contributed by atoms with E-state index in [2.05, 4.69) is 10.3 Å². The van der Waals surface area contributed by atoms with Crippen molar-refractivity contribution in [3.63, 3.8) is 0 Å². The summed E-state index contributed by atoms with van der Waals surface area (Å²) in [6, 6.07) is 9.48. The number of carbonyl (C=O) groups excluding carboxylic acids is 2. The van der Waals surface area contributed by atoms with Gasteiger partial charge in [0.25, 0.3) is 11.8 Å². The van der Waals surface area contributed by atoms with Gasteiger partial charge in [0, 0.05) is 25.8 Å². The molecule has 0 radical (unpaired) electrons. The lowest BCUT2D eigenvalue weighted by Gasteiger charge is -2.19. The number of nitrogens with one attached hydrogen (secondary N) is 1. The zero-order chi connectivity index (χ0) is 18.7. The molecule has 0 aliphatic carbocycles. The molecule has 0 unspecified atom stereocenters. The number of carbonyl (C=O) groups is 2. The maximum absolute atomic E-state index is 13.0. The van der Waals surface area contributed by atoms with E-state index in [1.807, 2.05) is 48.7 Å². The summed E-state index contributed by atoms with van der Waals surface area (Å²) < 4.78 is 1.92. The van der Waals surface area contributed by atoms with Gasteiger partial charge in [-0.05, 0) is 37.3 Å². The number of benzene rings is 1. The molecular weight excluding hydrogens is 328 g/mol. The van der Waals surface area contributed by atoms with E-state index in [1.54, 1.807) is 11.9 Å². The number of imidazole rings is 1. The molecule has 6 nitrogen and oxygen atoms in total. The van der Waals surface area contributed by atoms with Crippen molar-refractivity contribution >= 4 is 17.5 Å². The molecule has 0 saturated heterocycles. The van der Waals surface area contributed by atoms with Crippen molar-refractivity contribution in [3.05, 3.63) is 47.5 Å². The molecule has 2 amide bonds. The molecule has 1 aromatic carbocycles. The Balaban J connectivity index is 1.92. The van der Waals surface area contributed by atoms with Gasteiger partial charge in [0.15, 0.2) is 11.5 Å². The van der Waals surface area contributed by atoms with E-state index < -0.39 is 0 Å². The molecule has 1 N–H and O–H groups in total. The number of para-hydroxylation sites is 1. The lowest BCUT2D eigenvalue weighted by atomic mass is 10.1. The minimum atomic E-state index is -0.205. The number of anilines is 1. The Labute approximate surface area is 154 Å². The first kappa shape index (κ1) is 18.2. The van der Waals surface area contributed by atoms with Crippen LogP contribution in [0.5, 0.6) is 0 Å². The molecular formula is C20H26N4O2. The van der Waals surface area contributed by atoms with Gasteiger partial charge in [0.2, 0.25) is 0 Å². The van der Waals surface area contributed by atoms with Crippen LogP contribution in [0.1, 0.15) is 53.5 Å². The van der Waals surface area contributed by atoms with Crippen LogP contribution in [-0.4, -0.2) is 35.0 Å². The number of nitrogens with zero attached hydrogens (tertiary/aromatic N) is 3. The summed E-state index contributed by atoms with van der Waals surface area (Å²) in [6.07, 6.45) is 2.78. The fourth-order valence-corrected chi connectivity index (χ4v) is 3.19. The van der Waals surface area contributed by atoms with E-state index in [9.17, 15) is 9.59 Å². The van der Waals surface area contributed by atoms with Crippen LogP contribution in [0, 0.1) is 5.92 Å². The van der Waals surface area contributed by atoms with Crippen LogP contribution in [0.4, 0.5) is 5.69 Å². The first-order valence-electron chi connectivity index (χ1n) is 9.19. The molecule has 1 aliphatic rings. The molecule has 26 heavy (non-hydrogen) atoms. The predicted molar refractivity (Wildman–Crippen MR) is 102 cm³/mol. The number of rotatable bonds is 5. The molecule has 1 aliphatic heterocycles. The second-order valence-corrected chi connectivity index (χ2v) is 7.14. The lowest BCUT2D eigenvalue weighted by Crippen LogP contribution is -2.30. The van der Waals surface area contributed by atoms with Gasteiger partial charge in [-0.2, -0.15) is 0 Å². The Morgan fingerprint density at radius 1 is 1.23 bits per heavy atom. The summed E-state index contributed by atoms with van der Waals surface area (Å²) >= 11 is 0. The molecule has 6 heteroatoms. The largest absolute Gasteiger partial charge is 0.349 e. The molecule has 3 rings (SSSR count). The summed E-state index contributed by atoms with van der Waals surface area (Å²) in [5, 5.41) is 2.91. The van der Waals surface area contributed by atoms with Gasteiger partial charge in [-0.15, -0.1) is 0 Å². The van der Waals surface area contributed by atoms with Crippen molar-refractivity contribution in [2.75, 3.05) is 18.5 Å². The van der Waals surface area contributed by atoms with Crippen molar-refractivity contribution < 1.29 is 9.59 Å². The SMILES string of the molecule is CC(C)CNC(=O)c1nc(C(=O)N(C)c2ccccc2)c2n1CCCC2. The van der Waals surface area contributed by atoms with Gasteiger partial charge in [-0.1, -0.05) is 32.0 Å². The molecule has 0 atom stereocenters. The van der Waals surface area contributed by atoms with Crippen molar-refractivity contribution in [1.82, 2.24) is 14.9 Å². The van der Waals surface area contributed by atoms with Crippen molar-refractivity contribution in [3.8, 4) is 0 Å². The maximum atomic E-state index is 13.0. The minimum Gasteiger partial charge on any atom is -0.349 e. The fraction of sp³-hybridized carbons (Fsp3) is 0.450. The Morgan fingerprint density at radius 2 is 1.96 bits per heavy atom. The van der Waals surface area contributed by atoms with Gasteiger partial charge < -0.3 is 14.8 Å². The van der Waals surface area contributed by atoms with Crippen LogP contribution in [-0.2, 0) is 13.0 Å². The van der Waals surface area contributed by atoms with E-state index in [0.717, 1.165) is 37.2 Å². The average molecular weight is 354 g/mol. The third kappa shape index (κ3) is 3.64. The average Bonchev–Trinajstić information content (AvgIpc) is 3.05. The monoisotopic (exact) mass is 354 g/mol. The second kappa shape index (κ2) is 7.72. The molecule has 0 fully saturated rings. The Kier molecular flexibility index (Phi) is 5.40. The van der Waals surface area contributed by atoms with Gasteiger partial charge in [-0.25, -0.2) is 4.98 Å². The van der Waals surface area contributed by atoms with Gasteiger partial charge in [0.05, 0.1) is 5.69 Å². The third-order valence-corrected chi connectivity index (χ3v) is 4.64. The lowest BCUT2D eigenvalue weighted by molar-refractivity contribution is 0.0933. The predicted octanol–water partition coefficient (Wildman–Crippen LogP) is 2.88. The summed E-state index contributed by atoms with van der Waals surface area (Å²) in [6.45, 7) is 5.42. The summed E-state index contributed by atoms with van der Waals surface area (Å²) in [5.74, 6) is 0.332. The Hall–Kier alpha value is -2.63. The van der Waals surface area contributed by atoms with E-state index in [-0.39, 0.29) is 11.8 Å². The molecule has 2 heterocycles. The van der Waals surface area contributed by atoms with Crippen LogP contribution in [0.15, 0.2) is 30.3 Å². The standard InChI is InChI=1S/C20H26N4O2/c1-14(2)13-21-19(25)18-22-17(16-11-7-8-12-24(16)18)20(26)23(3)15-9-5-4-6-10-15/h4-6,9-10,14H,7-8,11-13H2,1-3H3,(H,21,25). The maximum Gasteiger partial charge on any atom is 0.287 e. The molecule has 1 aromatic heterocycles. The van der Waals surface area contributed by atoms with Crippen molar-refractivity contribution in [2.45, 2.75) is 39.7 Å². The number of fused-ring (bicyclic) bond motifs is 1. The van der Waals surface area contributed by atoms with E-state index in [4.69, 9.17) is 0 Å². The Morgan fingerprint density at radius 3 is 2.65 bits per heavy atom. The minimum absolute atomic E-state index is 0.176. The highest BCUT2D eigenvalue weighted by atomic mass is 16.2. The molecule has 0 spiro atoms. The number of aromatic nitrogens is 2. The van der Waals surface area contributed by atoms with Crippen LogP contribution >= 0.6 is 0 Å². The van der Waals surface area contributed by atoms with Crippen molar-refractivity contribution in [1.29, 1.82) is 0 Å². The van der Waals surface area contributed by atoms with Crippen molar-refractivity contribution in [2.24, 2.45) is 5.92 Å². The number of hydrogen-bond acceptors (Lipinski definition) is 3. The summed E-state index contributed by atoms with van der Waals surface area (Å²) in [5.41, 5.74) is 2.07. The van der Waals surface area contributed by atoms with Crippen LogP contribution in [0.3, 0.4) is 0 Å². The van der Waals surface area contributed by atoms with Crippen LogP contribution in [0.2, 0.25) is 0 Å². The molecule has 2 aromatic rings. The number of amides is 2. The first-order chi connectivity index (χ1) is 12.5. The number of hydrogen-bond donors (Lipinski definition) is 1. The summed E-state index contributed by atoms with van der Waals surface area (Å²) in [4.78, 5) is 31.7. The zero-order valence-electron chi connectivity index (χ0n) is 15.7. The van der Waals surface area contributed by atoms with E-state index in [0.29, 0.717) is 24.0 Å². The highest BCUT2D eigenvalue weighted by Crippen LogP contribution is 2.24. The van der Waals surface area contributed by atoms with Crippen LogP contribution in [0.25, 0.3) is 0 Å². The molecule has 0 bridgehead atoms. The van der Waals surface area contributed by atoms with Gasteiger partial charge in [-0.3, -0.25) is 9.59 Å². The zero-order valence-corrected chi connectivity index (χ0v) is 15.7. The van der Waals surface area contributed by atoms with Crippen LogP contribution < -0.4 is 10.2 Å². The summed E-state index contributed by atoms with van der Waals surface area (Å²) in [7, 11) is 1.74. The first-order valence-corrected chi connectivity index (χ1v) is 9.19. The topological polar surface area (TPSA) is 67.2 Å². The van der Waals surface area contributed by atoms with Gasteiger partial charge in [0.1, 0.15) is 0 Å². The highest BCUT2D eigenvalue weighted by Gasteiger charge is 2.29. The Bertz CT molecular complexity index is 796. The van der Waals surface area contributed by atoms with E-state index >= 15 is 0 Å². The normalized spacial score (nSPS) is 13.4. The third-order valence-electron chi connectivity index (χ3n) is 4.64. The van der Waals surface area contributed by atoms with E-state index in [1.165, 1.54) is 0 Å². The highest BCUT2D eigenvalue weighted by molar-refractivity contribution is 6.06. The molecule has 138 valence electrons.